The molecule has 4 saturated heterocycles. The molecule has 552 valence electrons. The monoisotopic (exact) mass is 1530 g/mol. The first kappa shape index (κ1) is 75.2. The molecule has 4 aliphatic heterocycles. The number of primary amides is 1. The number of aliphatic hydroxyl groups excluding tert-OH is 1. The number of carboxylic acids is 2. The zero-order chi connectivity index (χ0) is 77.6. The van der Waals surface area contributed by atoms with Gasteiger partial charge in [-0.05, 0) is 68.4 Å². The molecule has 14 amide bonds. The normalized spacial score (nSPS) is 28.8. The van der Waals surface area contributed by atoms with Crippen molar-refractivity contribution in [2.75, 3.05) is 47.6 Å². The Kier molecular flexibility index (Phi) is 29.6. The summed E-state index contributed by atoms with van der Waals surface area (Å²) in [6.45, 7) is -4.32. The number of aliphatic carboxylic acids is 2. The number of carbonyl (C=O) groups excluding carboxylic acids is 14. The minimum Gasteiger partial charge on any atom is -0.508 e. The number of hydrogen-bond acceptors (Lipinski definition) is 26. The first-order valence-corrected chi connectivity index (χ1v) is 38.3. The van der Waals surface area contributed by atoms with Crippen LogP contribution in [0.25, 0.3) is 0 Å². The van der Waals surface area contributed by atoms with Gasteiger partial charge in [-0.1, -0.05) is 89.0 Å². The third-order valence-electron chi connectivity index (χ3n) is 15.3. The highest BCUT2D eigenvalue weighted by molar-refractivity contribution is 8.77. The van der Waals surface area contributed by atoms with E-state index in [1.807, 2.05) is 5.32 Å². The molecule has 0 saturated carbocycles. The van der Waals surface area contributed by atoms with Crippen molar-refractivity contribution in [3.8, 4) is 11.5 Å². The molecular formula is C59H79N15O21S6. The molecule has 0 unspecified atom stereocenters. The Hall–Kier alpha value is -8.42. The number of hydrogen-bond donors (Lipinski definition) is 19. The first-order chi connectivity index (χ1) is 49.4. The maximum absolute atomic E-state index is 15.2. The molecule has 4 bridgehead atoms. The van der Waals surface area contributed by atoms with Crippen LogP contribution in [0.15, 0.2) is 48.5 Å². The molecule has 101 heavy (non-hydrogen) atoms. The van der Waals surface area contributed by atoms with Gasteiger partial charge in [-0.2, -0.15) is 0 Å². The molecule has 0 aromatic heterocycles. The molecular weight excluding hydrogens is 1450 g/mol. The number of phenolic OH excluding ortho intramolecular Hbond substituents is 2. The summed E-state index contributed by atoms with van der Waals surface area (Å²) in [4.78, 5) is 228. The van der Waals surface area contributed by atoms with Gasteiger partial charge in [0.05, 0.1) is 26.5 Å². The van der Waals surface area contributed by atoms with Crippen LogP contribution in [0.4, 0.5) is 0 Å². The third-order valence-corrected chi connectivity index (χ3v) is 22.6. The molecule has 4 aliphatic rings. The van der Waals surface area contributed by atoms with Crippen molar-refractivity contribution in [2.24, 2.45) is 11.5 Å². The number of amides is 14. The van der Waals surface area contributed by atoms with Crippen molar-refractivity contribution in [1.29, 1.82) is 0 Å². The number of carboxylic acid groups (broad SMARTS) is 2. The van der Waals surface area contributed by atoms with Gasteiger partial charge >= 0.3 is 11.9 Å². The first-order valence-electron chi connectivity index (χ1n) is 32.8. The van der Waals surface area contributed by atoms with E-state index in [0.717, 1.165) is 33.4 Å². The predicted octanol–water partition coefficient (Wildman–Crippen LogP) is -5.94. The Labute approximate surface area is 606 Å². The Morgan fingerprint density at radius 3 is 1.65 bits per heavy atom. The maximum Gasteiger partial charge on any atom is 0.326 e. The lowest BCUT2D eigenvalue weighted by molar-refractivity contribution is -0.143. The second-order valence-corrected chi connectivity index (χ2v) is 30.7. The summed E-state index contributed by atoms with van der Waals surface area (Å²) in [7, 11) is 4.19. The molecule has 0 spiro atoms. The second kappa shape index (κ2) is 39.7. The summed E-state index contributed by atoms with van der Waals surface area (Å²) >= 11 is 0. The third kappa shape index (κ3) is 25.9. The van der Waals surface area contributed by atoms with Gasteiger partial charge in [-0.3, -0.25) is 71.9 Å². The molecule has 2 aromatic rings. The van der Waals surface area contributed by atoms with Crippen LogP contribution in [-0.4, -0.2) is 257 Å². The quantitative estimate of drug-likeness (QED) is 0.0656. The number of nitrogens with one attached hydrogen (secondary N) is 12. The van der Waals surface area contributed by atoms with Gasteiger partial charge in [-0.25, -0.2) is 4.79 Å². The van der Waals surface area contributed by atoms with E-state index in [1.54, 1.807) is 0 Å². The number of fused-ring (bicyclic) bond motifs is 20. The maximum atomic E-state index is 15.2. The van der Waals surface area contributed by atoms with E-state index in [2.05, 4.69) is 58.5 Å². The van der Waals surface area contributed by atoms with Crippen LogP contribution >= 0.6 is 64.8 Å². The molecule has 0 aliphatic carbocycles. The van der Waals surface area contributed by atoms with Crippen LogP contribution in [0, 0.1) is 0 Å². The fourth-order valence-electron chi connectivity index (χ4n) is 9.87. The molecule has 14 atom stereocenters. The van der Waals surface area contributed by atoms with Crippen LogP contribution in [0.5, 0.6) is 11.5 Å². The Bertz CT molecular complexity index is 3590. The average Bonchev–Trinajstić information content (AvgIpc) is 1.76. The average molecular weight is 1530 g/mol. The summed E-state index contributed by atoms with van der Waals surface area (Å²) < 4.78 is 34.4. The molecule has 4 fully saturated rings. The summed E-state index contributed by atoms with van der Waals surface area (Å²) in [6, 6.07) is -15.9. The van der Waals surface area contributed by atoms with E-state index in [1.165, 1.54) is 48.5 Å². The van der Waals surface area contributed by atoms with E-state index in [0.29, 0.717) is 48.7 Å². The predicted molar refractivity (Wildman–Crippen MR) is 371 cm³/mol. The van der Waals surface area contributed by atoms with Crippen molar-refractivity contribution < 1.29 is 108 Å². The number of rotatable bonds is 13. The van der Waals surface area contributed by atoms with E-state index in [4.69, 9.17) is 15.6 Å². The zero-order valence-corrected chi connectivity index (χ0v) is 58.4. The minimum atomic E-state index is -3.89. The molecule has 4 heterocycles. The number of aromatic hydroxyl groups is 2. The number of nitrogens with zero attached hydrogens (tertiary/aromatic N) is 1. The minimum absolute atomic E-state index is 0.0314. The Balaban J connectivity index is 1.60. The van der Waals surface area contributed by atoms with Gasteiger partial charge in [0.15, 0.2) is 0 Å². The lowest BCUT2D eigenvalue weighted by Crippen LogP contribution is -2.61. The fraction of sp³-hybridized carbons (Fsp3) is 0.525. The molecule has 21 N–H and O–H groups in total. The topological polar surface area (TPSA) is 574 Å². The second-order valence-electron chi connectivity index (χ2n) is 23.1. The molecule has 0 radical (unpaired) electrons. The van der Waals surface area contributed by atoms with Gasteiger partial charge in [0.1, 0.15) is 84.0 Å². The summed E-state index contributed by atoms with van der Waals surface area (Å²) in [5.74, 6) is -25.2. The summed E-state index contributed by atoms with van der Waals surface area (Å²) in [6.07, 6.45) is -5.69. The zero-order valence-electron chi connectivity index (χ0n) is 57.6. The molecule has 2 aromatic carbocycles. The van der Waals surface area contributed by atoms with Crippen LogP contribution in [0.2, 0.25) is 0 Å². The van der Waals surface area contributed by atoms with Crippen molar-refractivity contribution in [3.63, 3.8) is 0 Å². The van der Waals surface area contributed by atoms with Crippen molar-refractivity contribution >= 4 is 159 Å². The SMILES string of the molecule is [2H]C([2H])([2H])[C@]1([2H])NC(=O)[C@@H]2CCCN2C(=O)[C@H](CC(N)=O)NC(=O)[C@H]2CSSC[C@H](N)C(=O)N[C@H]3CSSC[C@H](NC1=O)C(=O)N[C@@H]([C@@H](C)O)C(=O)NCC(=O)N[C@H](C(=O)N[C@@H](Cc1ccc(O)cc1)C(=O)O)CSSC[C@H](NC(=O)[C@@H](Cc1ccc(O)cc1)NC(=O)[C@@H](CCC(=O)O)NC3=O)C(=O)N2. The van der Waals surface area contributed by atoms with Crippen LogP contribution < -0.4 is 75.3 Å². The molecule has 6 rings (SSSR count). The fourth-order valence-corrected chi connectivity index (χ4v) is 16.8. The van der Waals surface area contributed by atoms with Crippen LogP contribution in [-0.2, 0) is 89.6 Å². The van der Waals surface area contributed by atoms with Crippen molar-refractivity contribution in [3.05, 3.63) is 59.7 Å². The Morgan fingerprint density at radius 2 is 1.10 bits per heavy atom. The highest BCUT2D eigenvalue weighted by Gasteiger charge is 2.42. The van der Waals surface area contributed by atoms with Gasteiger partial charge in [0, 0.05) is 64.4 Å². The number of benzene rings is 2. The van der Waals surface area contributed by atoms with Crippen molar-refractivity contribution in [1.82, 2.24) is 68.7 Å². The summed E-state index contributed by atoms with van der Waals surface area (Å²) in [5, 5.41) is 78.8. The molecule has 36 nitrogen and oxygen atoms in total. The lowest BCUT2D eigenvalue weighted by Gasteiger charge is -2.30. The van der Waals surface area contributed by atoms with E-state index >= 15 is 9.59 Å². The van der Waals surface area contributed by atoms with Crippen LogP contribution in [0.3, 0.4) is 0 Å². The van der Waals surface area contributed by atoms with E-state index in [-0.39, 0.29) is 48.6 Å². The Morgan fingerprint density at radius 1 is 0.604 bits per heavy atom. The number of phenols is 2. The standard InChI is InChI=1S/C59H79N15O21S6/c1-26-47(82)69-41-25-101-99-22-38-52(87)65-33(13-14-45(80)81)49(84)66-34(16-28-5-9-30(76)10-6-28)50(85)71-40(54(89)72-39(23-97-96-20-32(60)48(83)70-38)53(88)67-35(18-43(61)78)58(93)74-15-3-4-42(74)56(91)63-26)24-100-98-21-37(64-44(79)19-62-57(92)46(27(2)75)73-55(41)90)51(86)68-36(59(94)95)17-29-7-11-31(77)12-8-29/h5-12,26-27,32-42,46,75-77H,3-4,13-25,60H2,1-2H3,(H2,61,78)(H,62,92)(H,63,91)(H,64,79)(H,65,87)(H,66,84)(H,67,88)(H,68,86)(H,69,82)(H,70,83)(H,71,85)(H,72,89)(H,73,90)(H,80,81)(H,94,95)/t26-,27+,32-,33+,34+,35-,36-,37-,38-,39+,40-,41-,42-,46-/m0/s1/i1D3,26D. The van der Waals surface area contributed by atoms with Crippen molar-refractivity contribution in [2.45, 2.75) is 143 Å². The lowest BCUT2D eigenvalue weighted by atomic mass is 10.0. The summed E-state index contributed by atoms with van der Waals surface area (Å²) in [5.41, 5.74) is 12.5. The number of nitrogens with two attached hydrogens (primary N) is 2. The van der Waals surface area contributed by atoms with Gasteiger partial charge in [0.2, 0.25) is 82.7 Å². The van der Waals surface area contributed by atoms with Gasteiger partial charge in [0.25, 0.3) is 0 Å². The van der Waals surface area contributed by atoms with Gasteiger partial charge in [-0.15, -0.1) is 0 Å². The van der Waals surface area contributed by atoms with E-state index in [9.17, 15) is 94.0 Å². The number of aliphatic hydroxyl groups is 1. The molecule has 42 heteroatoms. The highest BCUT2D eigenvalue weighted by Crippen LogP contribution is 2.28. The highest BCUT2D eigenvalue weighted by atomic mass is 33.1. The smallest absolute Gasteiger partial charge is 0.326 e. The largest absolute Gasteiger partial charge is 0.508 e. The number of carbonyl (C=O) groups is 16. The van der Waals surface area contributed by atoms with E-state index < -0.39 is 247 Å². The van der Waals surface area contributed by atoms with Gasteiger partial charge < -0.3 is 106 Å². The van der Waals surface area contributed by atoms with Crippen LogP contribution in [0.1, 0.15) is 62.5 Å².